The molecule has 0 saturated heterocycles. The number of hydrogen-bond donors (Lipinski definition) is 0. The molecule has 0 N–H and O–H groups in total. The largest absolute Gasteiger partial charge is 0.380 e. The van der Waals surface area contributed by atoms with Crippen molar-refractivity contribution in [2.24, 2.45) is 0 Å². The van der Waals surface area contributed by atoms with Gasteiger partial charge in [0.1, 0.15) is 7.85 Å². The molecule has 0 amide bonds. The third kappa shape index (κ3) is 1.58. The van der Waals surface area contributed by atoms with Gasteiger partial charge < -0.3 is 4.74 Å². The first-order valence-electron chi connectivity index (χ1n) is 3.03. The Labute approximate surface area is 61.6 Å². The van der Waals surface area contributed by atoms with Crippen LogP contribution in [0, 0.1) is 0 Å². The van der Waals surface area contributed by atoms with Gasteiger partial charge in [0.15, 0.2) is 0 Å². The molecule has 0 fully saturated rings. The van der Waals surface area contributed by atoms with Gasteiger partial charge in [-0.1, -0.05) is 6.07 Å². The van der Waals surface area contributed by atoms with Gasteiger partial charge in [0.05, 0.1) is 6.61 Å². The molecular weight excluding hydrogens is 125 g/mol. The fourth-order valence-electron chi connectivity index (χ4n) is 0.728. The van der Waals surface area contributed by atoms with Crippen LogP contribution < -0.4 is 5.59 Å². The second-order valence-corrected chi connectivity index (χ2v) is 1.98. The molecule has 1 rings (SSSR count). The Morgan fingerprint density at radius 1 is 1.70 bits per heavy atom. The van der Waals surface area contributed by atoms with Crippen molar-refractivity contribution in [3.8, 4) is 0 Å². The van der Waals surface area contributed by atoms with Crippen molar-refractivity contribution in [2.45, 2.75) is 6.61 Å². The number of ether oxygens (including phenoxy) is 1. The molecule has 0 bridgehead atoms. The Morgan fingerprint density at radius 2 is 2.50 bits per heavy atom. The topological polar surface area (TPSA) is 22.1 Å². The molecule has 0 saturated carbocycles. The first-order valence-corrected chi connectivity index (χ1v) is 3.03. The summed E-state index contributed by atoms with van der Waals surface area (Å²) in [5.74, 6) is 0. The molecule has 2 nitrogen and oxygen atoms in total. The highest BCUT2D eigenvalue weighted by Crippen LogP contribution is 1.92. The van der Waals surface area contributed by atoms with Gasteiger partial charge in [-0.05, 0) is 17.2 Å². The zero-order valence-corrected chi connectivity index (χ0v) is 5.87. The van der Waals surface area contributed by atoms with Crippen molar-refractivity contribution in [1.29, 1.82) is 0 Å². The van der Waals surface area contributed by atoms with E-state index >= 15 is 0 Å². The Bertz CT molecular complexity index is 215. The molecule has 50 valence electrons. The molecule has 0 spiro atoms. The Morgan fingerprint density at radius 3 is 3.10 bits per heavy atom. The van der Waals surface area contributed by atoms with Gasteiger partial charge in [0, 0.05) is 13.3 Å². The molecular formula is C7H8BNO. The van der Waals surface area contributed by atoms with E-state index < -0.39 is 0 Å². The number of rotatable bonds is 2. The summed E-state index contributed by atoms with van der Waals surface area (Å²) in [4.78, 5) is 3.90. The van der Waals surface area contributed by atoms with Crippen LogP contribution in [0.15, 0.2) is 18.3 Å². The molecule has 0 atom stereocenters. The predicted molar refractivity (Wildman–Crippen MR) is 40.3 cm³/mol. The van der Waals surface area contributed by atoms with Crippen LogP contribution in [0.1, 0.15) is 5.56 Å². The van der Waals surface area contributed by atoms with Crippen LogP contribution in [-0.2, 0) is 11.3 Å². The van der Waals surface area contributed by atoms with Crippen molar-refractivity contribution in [1.82, 2.24) is 4.98 Å². The average molecular weight is 133 g/mol. The molecule has 0 aliphatic carbocycles. The predicted octanol–water partition coefficient (Wildman–Crippen LogP) is 0.0218. The van der Waals surface area contributed by atoms with Crippen molar-refractivity contribution < 1.29 is 4.74 Å². The number of hydrogen-bond acceptors (Lipinski definition) is 2. The van der Waals surface area contributed by atoms with Gasteiger partial charge in [-0.2, -0.15) is 0 Å². The highest BCUT2D eigenvalue weighted by atomic mass is 16.5. The highest BCUT2D eigenvalue weighted by Gasteiger charge is 1.93. The van der Waals surface area contributed by atoms with E-state index in [2.05, 4.69) is 4.98 Å². The summed E-state index contributed by atoms with van der Waals surface area (Å²) in [6, 6.07) is 3.73. The summed E-state index contributed by atoms with van der Waals surface area (Å²) in [7, 11) is 7.15. The quantitative estimate of drug-likeness (QED) is 0.530. The lowest BCUT2D eigenvalue weighted by Gasteiger charge is -2.01. The summed E-state index contributed by atoms with van der Waals surface area (Å²) in [6.45, 7) is 0.527. The fourth-order valence-corrected chi connectivity index (χ4v) is 0.728. The van der Waals surface area contributed by atoms with E-state index in [1.54, 1.807) is 13.3 Å². The van der Waals surface area contributed by atoms with Crippen molar-refractivity contribution in [2.75, 3.05) is 7.11 Å². The van der Waals surface area contributed by atoms with Crippen molar-refractivity contribution >= 4 is 13.4 Å². The Kier molecular flexibility index (Phi) is 2.45. The van der Waals surface area contributed by atoms with E-state index in [4.69, 9.17) is 12.6 Å². The van der Waals surface area contributed by atoms with Crippen LogP contribution in [-0.4, -0.2) is 19.9 Å². The number of aromatic nitrogens is 1. The van der Waals surface area contributed by atoms with Crippen LogP contribution in [0.25, 0.3) is 0 Å². The molecule has 3 heteroatoms. The molecule has 0 aromatic carbocycles. The average Bonchev–Trinajstić information content (AvgIpc) is 1.94. The zero-order chi connectivity index (χ0) is 7.40. The van der Waals surface area contributed by atoms with E-state index in [9.17, 15) is 0 Å². The minimum atomic E-state index is 0.527. The summed E-state index contributed by atoms with van der Waals surface area (Å²) in [5.41, 5.74) is 1.48. The van der Waals surface area contributed by atoms with E-state index in [-0.39, 0.29) is 0 Å². The van der Waals surface area contributed by atoms with Gasteiger partial charge in [0.25, 0.3) is 0 Å². The molecule has 0 aliphatic rings. The second kappa shape index (κ2) is 3.37. The standard InChI is InChI=1S/C7H8BNO/c1-10-5-6-3-2-4-9-7(6)8/h2-4H,5H2,1H3. The zero-order valence-electron chi connectivity index (χ0n) is 5.87. The number of nitrogens with zero attached hydrogens (tertiary/aromatic N) is 1. The lowest BCUT2D eigenvalue weighted by Crippen LogP contribution is -2.14. The van der Waals surface area contributed by atoms with Gasteiger partial charge in [-0.25, -0.2) is 0 Å². The monoisotopic (exact) mass is 133 g/mol. The van der Waals surface area contributed by atoms with Gasteiger partial charge in [0.2, 0.25) is 0 Å². The molecule has 2 radical (unpaired) electrons. The number of methoxy groups -OCH3 is 1. The van der Waals surface area contributed by atoms with Crippen LogP contribution in [0.2, 0.25) is 0 Å². The fraction of sp³-hybridized carbons (Fsp3) is 0.286. The summed E-state index contributed by atoms with van der Waals surface area (Å²) in [5, 5.41) is 0. The smallest absolute Gasteiger partial charge is 0.142 e. The third-order valence-electron chi connectivity index (χ3n) is 1.23. The molecule has 0 aliphatic heterocycles. The SMILES string of the molecule is [B]c1ncccc1COC. The second-order valence-electron chi connectivity index (χ2n) is 1.98. The summed E-state index contributed by atoms with van der Waals surface area (Å²) < 4.78 is 4.89. The normalized spacial score (nSPS) is 9.70. The maximum Gasteiger partial charge on any atom is 0.142 e. The van der Waals surface area contributed by atoms with E-state index in [0.29, 0.717) is 12.2 Å². The number of pyridine rings is 1. The van der Waals surface area contributed by atoms with E-state index in [0.717, 1.165) is 5.56 Å². The van der Waals surface area contributed by atoms with Crippen LogP contribution in [0.4, 0.5) is 0 Å². The van der Waals surface area contributed by atoms with Crippen molar-refractivity contribution in [3.63, 3.8) is 0 Å². The molecule has 0 unspecified atom stereocenters. The molecule has 10 heavy (non-hydrogen) atoms. The minimum Gasteiger partial charge on any atom is -0.380 e. The van der Waals surface area contributed by atoms with E-state index in [1.807, 2.05) is 12.1 Å². The highest BCUT2D eigenvalue weighted by molar-refractivity contribution is 6.31. The molecule has 1 heterocycles. The van der Waals surface area contributed by atoms with Crippen LogP contribution in [0.5, 0.6) is 0 Å². The molecule has 1 aromatic rings. The summed E-state index contributed by atoms with van der Waals surface area (Å²) >= 11 is 0. The van der Waals surface area contributed by atoms with Gasteiger partial charge >= 0.3 is 0 Å². The summed E-state index contributed by atoms with van der Waals surface area (Å²) in [6.07, 6.45) is 1.66. The lowest BCUT2D eigenvalue weighted by molar-refractivity contribution is 0.185. The first-order chi connectivity index (χ1) is 4.84. The maximum atomic E-state index is 5.52. The van der Waals surface area contributed by atoms with E-state index in [1.165, 1.54) is 0 Å². The molecule has 1 aromatic heterocycles. The van der Waals surface area contributed by atoms with Gasteiger partial charge in [-0.15, -0.1) is 0 Å². The minimum absolute atomic E-state index is 0.527. The van der Waals surface area contributed by atoms with Crippen LogP contribution in [0.3, 0.4) is 0 Å². The Balaban J connectivity index is 2.81. The van der Waals surface area contributed by atoms with Crippen molar-refractivity contribution in [3.05, 3.63) is 23.9 Å². The first kappa shape index (κ1) is 7.28. The van der Waals surface area contributed by atoms with Gasteiger partial charge in [-0.3, -0.25) is 4.98 Å². The maximum absolute atomic E-state index is 5.52. The lowest BCUT2D eigenvalue weighted by atomic mass is 9.98. The Hall–Kier alpha value is -0.825. The van der Waals surface area contributed by atoms with Crippen LogP contribution >= 0.6 is 0 Å². The third-order valence-corrected chi connectivity index (χ3v) is 1.23.